The third-order valence-corrected chi connectivity index (χ3v) is 3.35. The number of fused-ring (bicyclic) bond motifs is 1. The van der Waals surface area contributed by atoms with Gasteiger partial charge in [0, 0.05) is 35.8 Å². The first-order chi connectivity index (χ1) is 9.75. The van der Waals surface area contributed by atoms with Crippen molar-refractivity contribution >= 4 is 10.9 Å². The standard InChI is InChI=1S/C16H14F2N2/c17-14-5-3-6-15(18)13(14)10-19-8-11-9-20-16-7-2-1-4-12(11)16/h1-7,9,19-20H,8,10H2. The fourth-order valence-corrected chi connectivity index (χ4v) is 2.30. The number of para-hydroxylation sites is 1. The minimum Gasteiger partial charge on any atom is -0.361 e. The summed E-state index contributed by atoms with van der Waals surface area (Å²) in [4.78, 5) is 3.17. The molecule has 0 amide bonds. The fraction of sp³-hybridized carbons (Fsp3) is 0.125. The van der Waals surface area contributed by atoms with Crippen molar-refractivity contribution in [2.45, 2.75) is 13.1 Å². The van der Waals surface area contributed by atoms with Crippen molar-refractivity contribution in [3.63, 3.8) is 0 Å². The first-order valence-corrected chi connectivity index (χ1v) is 6.44. The van der Waals surface area contributed by atoms with Crippen LogP contribution in [-0.4, -0.2) is 4.98 Å². The van der Waals surface area contributed by atoms with Crippen molar-refractivity contribution in [3.8, 4) is 0 Å². The van der Waals surface area contributed by atoms with Crippen LogP contribution >= 0.6 is 0 Å². The summed E-state index contributed by atoms with van der Waals surface area (Å²) >= 11 is 0. The molecule has 3 rings (SSSR count). The second-order valence-electron chi connectivity index (χ2n) is 4.66. The lowest BCUT2D eigenvalue weighted by atomic mass is 10.1. The number of rotatable bonds is 4. The predicted octanol–water partition coefficient (Wildman–Crippen LogP) is 3.74. The van der Waals surface area contributed by atoms with Gasteiger partial charge in [-0.3, -0.25) is 0 Å². The summed E-state index contributed by atoms with van der Waals surface area (Å²) in [5.74, 6) is -1.03. The summed E-state index contributed by atoms with van der Waals surface area (Å²) in [6.45, 7) is 0.718. The van der Waals surface area contributed by atoms with Gasteiger partial charge < -0.3 is 10.3 Å². The normalized spacial score (nSPS) is 11.1. The zero-order chi connectivity index (χ0) is 13.9. The van der Waals surface area contributed by atoms with Gasteiger partial charge in [0.15, 0.2) is 0 Å². The lowest BCUT2D eigenvalue weighted by molar-refractivity contribution is 0.536. The largest absolute Gasteiger partial charge is 0.361 e. The molecule has 2 nitrogen and oxygen atoms in total. The molecule has 2 N–H and O–H groups in total. The van der Waals surface area contributed by atoms with Gasteiger partial charge in [0.1, 0.15) is 11.6 Å². The maximum Gasteiger partial charge on any atom is 0.130 e. The lowest BCUT2D eigenvalue weighted by Crippen LogP contribution is -2.14. The van der Waals surface area contributed by atoms with Crippen molar-refractivity contribution in [2.24, 2.45) is 0 Å². The Hall–Kier alpha value is -2.20. The van der Waals surface area contributed by atoms with Gasteiger partial charge in [-0.05, 0) is 23.8 Å². The Bertz CT molecular complexity index is 714. The van der Waals surface area contributed by atoms with Crippen molar-refractivity contribution < 1.29 is 8.78 Å². The Morgan fingerprint density at radius 3 is 2.45 bits per heavy atom. The van der Waals surface area contributed by atoms with Gasteiger partial charge in [-0.25, -0.2) is 8.78 Å². The van der Waals surface area contributed by atoms with E-state index in [2.05, 4.69) is 10.3 Å². The molecule has 3 aromatic rings. The van der Waals surface area contributed by atoms with Crippen molar-refractivity contribution in [1.82, 2.24) is 10.3 Å². The van der Waals surface area contributed by atoms with Crippen LogP contribution in [0.5, 0.6) is 0 Å². The monoisotopic (exact) mass is 272 g/mol. The molecule has 0 saturated heterocycles. The number of nitrogens with one attached hydrogen (secondary N) is 2. The Morgan fingerprint density at radius 2 is 1.65 bits per heavy atom. The van der Waals surface area contributed by atoms with E-state index < -0.39 is 11.6 Å². The van der Waals surface area contributed by atoms with Crippen molar-refractivity contribution in [2.75, 3.05) is 0 Å². The summed E-state index contributed by atoms with van der Waals surface area (Å²) in [7, 11) is 0. The van der Waals surface area contributed by atoms with E-state index >= 15 is 0 Å². The van der Waals surface area contributed by atoms with Gasteiger partial charge in [0.25, 0.3) is 0 Å². The Labute approximate surface area is 115 Å². The van der Waals surface area contributed by atoms with Gasteiger partial charge in [-0.1, -0.05) is 24.3 Å². The first kappa shape index (κ1) is 12.8. The molecule has 0 spiro atoms. The van der Waals surface area contributed by atoms with Gasteiger partial charge in [0.05, 0.1) is 0 Å². The van der Waals surface area contributed by atoms with Crippen LogP contribution in [0.2, 0.25) is 0 Å². The number of H-pyrrole nitrogens is 1. The maximum atomic E-state index is 13.5. The van der Waals surface area contributed by atoms with E-state index in [1.807, 2.05) is 30.5 Å². The average Bonchev–Trinajstić information content (AvgIpc) is 2.86. The molecule has 0 radical (unpaired) electrons. The maximum absolute atomic E-state index is 13.5. The third-order valence-electron chi connectivity index (χ3n) is 3.35. The van der Waals surface area contributed by atoms with Crippen LogP contribution < -0.4 is 5.32 Å². The molecular weight excluding hydrogens is 258 g/mol. The van der Waals surface area contributed by atoms with Crippen molar-refractivity contribution in [3.05, 3.63) is 71.4 Å². The molecule has 0 aliphatic rings. The minimum absolute atomic E-state index is 0.0762. The molecule has 2 aromatic carbocycles. The van der Waals surface area contributed by atoms with E-state index in [0.717, 1.165) is 16.5 Å². The van der Waals surface area contributed by atoms with Crippen LogP contribution in [0.4, 0.5) is 8.78 Å². The van der Waals surface area contributed by atoms with Crippen LogP contribution in [0.3, 0.4) is 0 Å². The molecule has 0 aliphatic heterocycles. The predicted molar refractivity (Wildman–Crippen MR) is 75.2 cm³/mol. The molecular formula is C16H14F2N2. The van der Waals surface area contributed by atoms with E-state index in [1.54, 1.807) is 0 Å². The minimum atomic E-state index is -0.517. The summed E-state index contributed by atoms with van der Waals surface area (Å²) in [6.07, 6.45) is 1.91. The number of hydrogen-bond acceptors (Lipinski definition) is 1. The SMILES string of the molecule is Fc1cccc(F)c1CNCc1c[nH]c2ccccc12. The fourth-order valence-electron chi connectivity index (χ4n) is 2.30. The number of halogens is 2. The molecule has 20 heavy (non-hydrogen) atoms. The summed E-state index contributed by atoms with van der Waals surface area (Å²) in [5, 5.41) is 4.20. The third kappa shape index (κ3) is 2.42. The van der Waals surface area contributed by atoms with E-state index in [4.69, 9.17) is 0 Å². The first-order valence-electron chi connectivity index (χ1n) is 6.44. The molecule has 0 aliphatic carbocycles. The van der Waals surface area contributed by atoms with E-state index in [-0.39, 0.29) is 12.1 Å². The summed E-state index contributed by atoms with van der Waals surface area (Å²) < 4.78 is 27.0. The van der Waals surface area contributed by atoms with Gasteiger partial charge >= 0.3 is 0 Å². The topological polar surface area (TPSA) is 27.8 Å². The lowest BCUT2D eigenvalue weighted by Gasteiger charge is -2.06. The average molecular weight is 272 g/mol. The highest BCUT2D eigenvalue weighted by molar-refractivity contribution is 5.82. The van der Waals surface area contributed by atoms with Gasteiger partial charge in [-0.2, -0.15) is 0 Å². The Balaban J connectivity index is 1.71. The van der Waals surface area contributed by atoms with E-state index in [0.29, 0.717) is 6.54 Å². The Kier molecular flexibility index (Phi) is 3.48. The van der Waals surface area contributed by atoms with E-state index in [1.165, 1.54) is 18.2 Å². The van der Waals surface area contributed by atoms with Gasteiger partial charge in [0.2, 0.25) is 0 Å². The smallest absolute Gasteiger partial charge is 0.130 e. The zero-order valence-electron chi connectivity index (χ0n) is 10.8. The molecule has 4 heteroatoms. The highest BCUT2D eigenvalue weighted by atomic mass is 19.1. The van der Waals surface area contributed by atoms with E-state index in [9.17, 15) is 8.78 Å². The number of benzene rings is 2. The van der Waals surface area contributed by atoms with Crippen LogP contribution in [0.15, 0.2) is 48.7 Å². The van der Waals surface area contributed by atoms with Gasteiger partial charge in [-0.15, -0.1) is 0 Å². The molecule has 0 bridgehead atoms. The number of aromatic nitrogens is 1. The molecule has 0 unspecified atom stereocenters. The molecule has 0 atom stereocenters. The molecule has 0 saturated carbocycles. The van der Waals surface area contributed by atoms with Crippen LogP contribution in [-0.2, 0) is 13.1 Å². The highest BCUT2D eigenvalue weighted by Crippen LogP contribution is 2.18. The van der Waals surface area contributed by atoms with Crippen LogP contribution in [0.25, 0.3) is 10.9 Å². The number of aromatic amines is 1. The second kappa shape index (κ2) is 5.43. The summed E-state index contributed by atoms with van der Waals surface area (Å²) in [5.41, 5.74) is 2.21. The molecule has 1 aromatic heterocycles. The quantitative estimate of drug-likeness (QED) is 0.744. The van der Waals surface area contributed by atoms with Crippen molar-refractivity contribution in [1.29, 1.82) is 0 Å². The molecule has 0 fully saturated rings. The number of hydrogen-bond donors (Lipinski definition) is 2. The zero-order valence-corrected chi connectivity index (χ0v) is 10.8. The highest BCUT2D eigenvalue weighted by Gasteiger charge is 2.08. The molecule has 1 heterocycles. The van der Waals surface area contributed by atoms with Crippen LogP contribution in [0.1, 0.15) is 11.1 Å². The van der Waals surface area contributed by atoms with Crippen LogP contribution in [0, 0.1) is 11.6 Å². The summed E-state index contributed by atoms with van der Waals surface area (Å²) in [6, 6.07) is 11.9. The Morgan fingerprint density at radius 1 is 0.900 bits per heavy atom. The second-order valence-corrected chi connectivity index (χ2v) is 4.66. The molecule has 102 valence electrons.